The maximum Gasteiger partial charge on any atom is 0.258 e. The van der Waals surface area contributed by atoms with E-state index >= 15 is 0 Å². The first-order chi connectivity index (χ1) is 10.1. The number of nitrogens with zero attached hydrogens (tertiary/aromatic N) is 1. The van der Waals surface area contributed by atoms with Gasteiger partial charge in [0.2, 0.25) is 0 Å². The number of anilines is 1. The number of benzene rings is 1. The molecule has 2 atom stereocenters. The van der Waals surface area contributed by atoms with Crippen LogP contribution < -0.4 is 4.90 Å². The molecule has 1 amide bonds. The Balaban J connectivity index is 2.42. The molecule has 0 aromatic heterocycles. The third-order valence-corrected chi connectivity index (χ3v) is 4.22. The molecule has 108 valence electrons. The highest BCUT2D eigenvalue weighted by Crippen LogP contribution is 2.40. The Bertz CT molecular complexity index is 603. The molecular formula is C18H22BNO. The van der Waals surface area contributed by atoms with Crippen LogP contribution in [-0.4, -0.2) is 20.3 Å². The number of amides is 1. The van der Waals surface area contributed by atoms with Gasteiger partial charge in [-0.05, 0) is 36.4 Å². The van der Waals surface area contributed by atoms with Crippen LogP contribution in [0.5, 0.6) is 0 Å². The topological polar surface area (TPSA) is 20.3 Å². The van der Waals surface area contributed by atoms with Crippen molar-refractivity contribution in [1.29, 1.82) is 0 Å². The summed E-state index contributed by atoms with van der Waals surface area (Å²) in [6.45, 7) is 8.68. The zero-order valence-corrected chi connectivity index (χ0v) is 13.0. The second-order valence-corrected chi connectivity index (χ2v) is 5.59. The van der Waals surface area contributed by atoms with Crippen molar-refractivity contribution in [2.45, 2.75) is 25.6 Å². The van der Waals surface area contributed by atoms with Gasteiger partial charge in [-0.15, -0.1) is 0 Å². The number of hydrogen-bond donors (Lipinski definition) is 0. The van der Waals surface area contributed by atoms with Crippen LogP contribution in [0.2, 0.25) is 5.82 Å². The summed E-state index contributed by atoms with van der Waals surface area (Å²) in [5.74, 6) is 0.933. The first-order valence-electron chi connectivity index (χ1n) is 7.46. The maximum absolute atomic E-state index is 12.8. The van der Waals surface area contributed by atoms with Crippen molar-refractivity contribution in [3.8, 4) is 0 Å². The summed E-state index contributed by atoms with van der Waals surface area (Å²) in [5.41, 5.74) is 2.91. The van der Waals surface area contributed by atoms with Gasteiger partial charge in [0, 0.05) is 17.8 Å². The first-order valence-corrected chi connectivity index (χ1v) is 7.46. The molecule has 1 aromatic rings. The van der Waals surface area contributed by atoms with Gasteiger partial charge in [0.1, 0.15) is 7.85 Å². The van der Waals surface area contributed by atoms with E-state index in [-0.39, 0.29) is 5.91 Å². The molecule has 1 aromatic carbocycles. The molecule has 2 rings (SSSR count). The second-order valence-electron chi connectivity index (χ2n) is 5.59. The zero-order chi connectivity index (χ0) is 15.4. The van der Waals surface area contributed by atoms with Crippen LogP contribution in [0.4, 0.5) is 5.69 Å². The van der Waals surface area contributed by atoms with Crippen LogP contribution in [-0.2, 0) is 4.79 Å². The van der Waals surface area contributed by atoms with Crippen LogP contribution in [0.3, 0.4) is 0 Å². The SMILES string of the molecule is BC1CN(C(=O)/C(C=C)=C/C=C\C)c2ccccc2[C@@H]1C. The van der Waals surface area contributed by atoms with Crippen LogP contribution in [0.15, 0.2) is 60.7 Å². The lowest BCUT2D eigenvalue weighted by Gasteiger charge is -2.37. The Morgan fingerprint density at radius 1 is 1.43 bits per heavy atom. The third kappa shape index (κ3) is 3.02. The fourth-order valence-electron chi connectivity index (χ4n) is 2.74. The molecule has 0 fully saturated rings. The lowest BCUT2D eigenvalue weighted by atomic mass is 9.71. The standard InChI is InChI=1S/C18H22BNO/c1-4-6-9-14(5-2)18(21)20-12-16(19)13(3)15-10-7-8-11-17(15)20/h4-11,13,16H,2,12,19H2,1,3H3/b6-4-,14-9+/t13-,16?/m0/s1. The molecule has 3 heteroatoms. The van der Waals surface area contributed by atoms with E-state index in [1.165, 1.54) is 5.56 Å². The van der Waals surface area contributed by atoms with Crippen LogP contribution in [0.25, 0.3) is 0 Å². The van der Waals surface area contributed by atoms with E-state index in [1.807, 2.05) is 48.3 Å². The summed E-state index contributed by atoms with van der Waals surface area (Å²) in [6, 6.07) is 8.19. The zero-order valence-electron chi connectivity index (χ0n) is 13.0. The fourth-order valence-corrected chi connectivity index (χ4v) is 2.74. The predicted molar refractivity (Wildman–Crippen MR) is 92.6 cm³/mol. The average molecular weight is 279 g/mol. The van der Waals surface area contributed by atoms with E-state index in [4.69, 9.17) is 0 Å². The number of allylic oxidation sites excluding steroid dienone is 3. The number of hydrogen-bond acceptors (Lipinski definition) is 1. The van der Waals surface area contributed by atoms with Gasteiger partial charge in [0.15, 0.2) is 0 Å². The molecule has 1 aliphatic rings. The summed E-state index contributed by atoms with van der Waals surface area (Å²) >= 11 is 0. The highest BCUT2D eigenvalue weighted by Gasteiger charge is 2.31. The Kier molecular flexibility index (Phi) is 4.84. The summed E-state index contributed by atoms with van der Waals surface area (Å²) in [5, 5.41) is 0. The van der Waals surface area contributed by atoms with Gasteiger partial charge >= 0.3 is 0 Å². The van der Waals surface area contributed by atoms with Gasteiger partial charge < -0.3 is 4.90 Å². The molecule has 0 N–H and O–H groups in total. The number of carbonyl (C=O) groups excluding carboxylic acids is 1. The van der Waals surface area contributed by atoms with Crippen LogP contribution >= 0.6 is 0 Å². The van der Waals surface area contributed by atoms with Crippen molar-refractivity contribution in [1.82, 2.24) is 0 Å². The third-order valence-electron chi connectivity index (χ3n) is 4.22. The molecule has 1 aliphatic heterocycles. The van der Waals surface area contributed by atoms with E-state index in [0.29, 0.717) is 17.3 Å². The molecule has 0 spiro atoms. The quantitative estimate of drug-likeness (QED) is 0.472. The minimum atomic E-state index is 0.0225. The van der Waals surface area contributed by atoms with E-state index in [9.17, 15) is 4.79 Å². The molecule has 0 radical (unpaired) electrons. The van der Waals surface area contributed by atoms with E-state index < -0.39 is 0 Å². The van der Waals surface area contributed by atoms with Gasteiger partial charge in [0.25, 0.3) is 5.91 Å². The van der Waals surface area contributed by atoms with E-state index in [0.717, 1.165) is 12.2 Å². The summed E-state index contributed by atoms with van der Waals surface area (Å²) in [4.78, 5) is 14.7. The molecule has 1 unspecified atom stereocenters. The average Bonchev–Trinajstić information content (AvgIpc) is 2.51. The molecule has 0 saturated heterocycles. The predicted octanol–water partition coefficient (Wildman–Crippen LogP) is 3.25. The summed E-state index contributed by atoms with van der Waals surface area (Å²) in [6.07, 6.45) is 7.23. The number of carbonyl (C=O) groups is 1. The molecule has 2 nitrogen and oxygen atoms in total. The molecule has 1 heterocycles. The molecule has 0 bridgehead atoms. The van der Waals surface area contributed by atoms with Crippen LogP contribution in [0, 0.1) is 0 Å². The summed E-state index contributed by atoms with van der Waals surface area (Å²) in [7, 11) is 2.20. The minimum absolute atomic E-state index is 0.0225. The highest BCUT2D eigenvalue weighted by atomic mass is 16.2. The summed E-state index contributed by atoms with van der Waals surface area (Å²) < 4.78 is 0. The lowest BCUT2D eigenvalue weighted by Crippen LogP contribution is -2.39. The van der Waals surface area contributed by atoms with Crippen molar-refractivity contribution in [2.75, 3.05) is 11.4 Å². The number of fused-ring (bicyclic) bond motifs is 1. The second kappa shape index (κ2) is 6.62. The van der Waals surface area contributed by atoms with Gasteiger partial charge in [-0.3, -0.25) is 4.79 Å². The molecule has 0 saturated carbocycles. The largest absolute Gasteiger partial charge is 0.309 e. The van der Waals surface area contributed by atoms with E-state index in [1.54, 1.807) is 6.08 Å². The Labute approximate surface area is 128 Å². The van der Waals surface area contributed by atoms with E-state index in [2.05, 4.69) is 27.4 Å². The normalized spacial score (nSPS) is 22.2. The van der Waals surface area contributed by atoms with Crippen molar-refractivity contribution < 1.29 is 4.79 Å². The lowest BCUT2D eigenvalue weighted by molar-refractivity contribution is -0.114. The van der Waals surface area contributed by atoms with Gasteiger partial charge in [-0.1, -0.05) is 49.9 Å². The fraction of sp³-hybridized carbons (Fsp3) is 0.278. The van der Waals surface area contributed by atoms with Crippen molar-refractivity contribution in [3.63, 3.8) is 0 Å². The van der Waals surface area contributed by atoms with Gasteiger partial charge in [-0.2, -0.15) is 0 Å². The Morgan fingerprint density at radius 3 is 2.81 bits per heavy atom. The van der Waals surface area contributed by atoms with Crippen molar-refractivity contribution in [2.24, 2.45) is 0 Å². The van der Waals surface area contributed by atoms with Crippen molar-refractivity contribution in [3.05, 3.63) is 66.3 Å². The molecule has 21 heavy (non-hydrogen) atoms. The van der Waals surface area contributed by atoms with Gasteiger partial charge in [0.05, 0.1) is 0 Å². The number of para-hydroxylation sites is 1. The molecule has 0 aliphatic carbocycles. The first kappa shape index (κ1) is 15.4. The van der Waals surface area contributed by atoms with Gasteiger partial charge in [-0.25, -0.2) is 0 Å². The smallest absolute Gasteiger partial charge is 0.258 e. The maximum atomic E-state index is 12.8. The Morgan fingerprint density at radius 2 is 2.14 bits per heavy atom. The minimum Gasteiger partial charge on any atom is -0.309 e. The van der Waals surface area contributed by atoms with Crippen molar-refractivity contribution >= 4 is 19.4 Å². The number of rotatable bonds is 3. The molecular weight excluding hydrogens is 257 g/mol. The highest BCUT2D eigenvalue weighted by molar-refractivity contribution is 6.15. The Hall–Kier alpha value is -2.03. The van der Waals surface area contributed by atoms with Crippen LogP contribution in [0.1, 0.15) is 25.3 Å². The monoisotopic (exact) mass is 279 g/mol.